The zero-order chi connectivity index (χ0) is 21.9. The minimum absolute atomic E-state index is 0.0353. The van der Waals surface area contributed by atoms with E-state index in [1.165, 1.54) is 24.9 Å². The molecule has 0 aromatic heterocycles. The van der Waals surface area contributed by atoms with Crippen LogP contribution in [0.5, 0.6) is 11.5 Å². The second-order valence-electron chi connectivity index (χ2n) is 5.70. The smallest absolute Gasteiger partial charge is 0.387 e. The van der Waals surface area contributed by atoms with Crippen LogP contribution in [0, 0.1) is 0 Å². The van der Waals surface area contributed by atoms with E-state index in [0.29, 0.717) is 5.75 Å². The Balaban J connectivity index is 1.76. The molecule has 0 radical (unpaired) electrons. The number of carbonyl (C=O) groups excluding carboxylic acids is 3. The van der Waals surface area contributed by atoms with Crippen LogP contribution in [0.2, 0.25) is 0 Å². The van der Waals surface area contributed by atoms with Gasteiger partial charge in [0.2, 0.25) is 5.91 Å². The molecule has 0 spiro atoms. The van der Waals surface area contributed by atoms with E-state index in [-0.39, 0.29) is 23.5 Å². The Morgan fingerprint density at radius 3 is 2.43 bits per heavy atom. The van der Waals surface area contributed by atoms with Gasteiger partial charge in [0.15, 0.2) is 18.1 Å². The quantitative estimate of drug-likeness (QED) is 0.449. The molecular weight excluding hydrogens is 420 g/mol. The van der Waals surface area contributed by atoms with Gasteiger partial charge in [-0.05, 0) is 30.3 Å². The lowest BCUT2D eigenvalue weighted by Gasteiger charge is -2.11. The summed E-state index contributed by atoms with van der Waals surface area (Å²) in [6, 6.07) is 12.9. The third-order valence-electron chi connectivity index (χ3n) is 3.57. The van der Waals surface area contributed by atoms with Crippen LogP contribution < -0.4 is 14.8 Å². The molecule has 0 atom stereocenters. The number of rotatable bonds is 10. The van der Waals surface area contributed by atoms with Crippen molar-refractivity contribution in [2.75, 3.05) is 19.5 Å². The van der Waals surface area contributed by atoms with Gasteiger partial charge in [0.1, 0.15) is 0 Å². The Labute approximate surface area is 175 Å². The maximum Gasteiger partial charge on any atom is 0.387 e. The van der Waals surface area contributed by atoms with Crippen molar-refractivity contribution in [2.24, 2.45) is 0 Å². The first-order valence-corrected chi connectivity index (χ1v) is 9.68. The zero-order valence-electron chi connectivity index (χ0n) is 15.9. The molecular formula is C20H19F2NO6S. The molecule has 30 heavy (non-hydrogen) atoms. The number of hydrogen-bond donors (Lipinski definition) is 1. The monoisotopic (exact) mass is 439 g/mol. The number of esters is 1. The maximum atomic E-state index is 12.3. The number of amides is 2. The molecule has 2 aromatic carbocycles. The van der Waals surface area contributed by atoms with Gasteiger partial charge < -0.3 is 14.2 Å². The highest BCUT2D eigenvalue weighted by atomic mass is 32.2. The van der Waals surface area contributed by atoms with Crippen LogP contribution >= 0.6 is 11.8 Å². The summed E-state index contributed by atoms with van der Waals surface area (Å²) in [6.45, 7) is -3.72. The summed E-state index contributed by atoms with van der Waals surface area (Å²) in [6.07, 6.45) is 0.113. The molecule has 2 aromatic rings. The highest BCUT2D eigenvalue weighted by Gasteiger charge is 2.16. The molecule has 10 heteroatoms. The van der Waals surface area contributed by atoms with Gasteiger partial charge in [-0.15, -0.1) is 11.8 Å². The molecule has 0 saturated carbocycles. The van der Waals surface area contributed by atoms with Gasteiger partial charge in [0.25, 0.3) is 5.91 Å². The average molecular weight is 439 g/mol. The first kappa shape index (κ1) is 23.1. The van der Waals surface area contributed by atoms with E-state index in [1.807, 2.05) is 30.3 Å². The van der Waals surface area contributed by atoms with Crippen LogP contribution in [0.25, 0.3) is 0 Å². The molecule has 0 aliphatic rings. The zero-order valence-corrected chi connectivity index (χ0v) is 16.7. The van der Waals surface area contributed by atoms with Gasteiger partial charge in [-0.25, -0.2) is 4.79 Å². The number of thioether (sulfide) groups is 1. The second kappa shape index (κ2) is 11.8. The van der Waals surface area contributed by atoms with E-state index in [1.54, 1.807) is 0 Å². The molecule has 2 rings (SSSR count). The van der Waals surface area contributed by atoms with Crippen LogP contribution in [-0.4, -0.2) is 43.9 Å². The summed E-state index contributed by atoms with van der Waals surface area (Å²) in [5.74, 6) is -2.02. The molecule has 7 nitrogen and oxygen atoms in total. The lowest BCUT2D eigenvalue weighted by molar-refractivity contribution is -0.132. The Bertz CT molecular complexity index is 879. The van der Waals surface area contributed by atoms with Gasteiger partial charge >= 0.3 is 12.6 Å². The van der Waals surface area contributed by atoms with E-state index in [2.05, 4.69) is 10.1 Å². The number of benzene rings is 2. The Morgan fingerprint density at radius 2 is 1.77 bits per heavy atom. The van der Waals surface area contributed by atoms with Crippen LogP contribution in [0.3, 0.4) is 0 Å². The Hall–Kier alpha value is -3.14. The molecule has 0 unspecified atom stereocenters. The standard InChI is InChI=1S/C20H19F2NO6S/c1-27-16-11-13(7-8-15(16)29-20(21)22)19(26)28-12-18(25)23-17(24)9-10-30-14-5-3-2-4-6-14/h2-8,11,20H,9-10,12H2,1H3,(H,23,24,25). The van der Waals surface area contributed by atoms with E-state index in [0.717, 1.165) is 17.0 Å². The van der Waals surface area contributed by atoms with E-state index < -0.39 is 31.0 Å². The van der Waals surface area contributed by atoms with Crippen LogP contribution in [0.1, 0.15) is 16.8 Å². The van der Waals surface area contributed by atoms with Gasteiger partial charge in [-0.1, -0.05) is 18.2 Å². The van der Waals surface area contributed by atoms with Crippen molar-refractivity contribution in [3.8, 4) is 11.5 Å². The molecule has 160 valence electrons. The summed E-state index contributed by atoms with van der Waals surface area (Å²) in [4.78, 5) is 36.6. The number of hydrogen-bond acceptors (Lipinski definition) is 7. The summed E-state index contributed by atoms with van der Waals surface area (Å²) in [5, 5.41) is 2.13. The second-order valence-corrected chi connectivity index (χ2v) is 6.87. The number of alkyl halides is 2. The van der Waals surface area contributed by atoms with Crippen molar-refractivity contribution >= 4 is 29.5 Å². The van der Waals surface area contributed by atoms with E-state index >= 15 is 0 Å². The number of ether oxygens (including phenoxy) is 3. The van der Waals surface area contributed by atoms with Gasteiger partial charge in [-0.2, -0.15) is 8.78 Å². The summed E-state index contributed by atoms with van der Waals surface area (Å²) in [5.41, 5.74) is -0.0353. The number of halogens is 2. The lowest BCUT2D eigenvalue weighted by Crippen LogP contribution is -2.34. The summed E-state index contributed by atoms with van der Waals surface area (Å²) >= 11 is 1.47. The highest BCUT2D eigenvalue weighted by Crippen LogP contribution is 2.29. The molecule has 0 bridgehead atoms. The lowest BCUT2D eigenvalue weighted by atomic mass is 10.2. The van der Waals surface area contributed by atoms with Gasteiger partial charge in [0, 0.05) is 17.1 Å². The fraction of sp³-hybridized carbons (Fsp3) is 0.250. The third kappa shape index (κ3) is 7.70. The van der Waals surface area contributed by atoms with Crippen molar-refractivity contribution in [2.45, 2.75) is 17.9 Å². The molecule has 0 heterocycles. The minimum Gasteiger partial charge on any atom is -0.493 e. The van der Waals surface area contributed by atoms with Crippen molar-refractivity contribution in [3.05, 3.63) is 54.1 Å². The van der Waals surface area contributed by atoms with Crippen molar-refractivity contribution in [3.63, 3.8) is 0 Å². The first-order chi connectivity index (χ1) is 14.4. The molecule has 0 fully saturated rings. The van der Waals surface area contributed by atoms with E-state index in [9.17, 15) is 23.2 Å². The molecule has 0 aliphatic heterocycles. The van der Waals surface area contributed by atoms with Crippen LogP contribution in [-0.2, 0) is 14.3 Å². The average Bonchev–Trinajstić information content (AvgIpc) is 2.72. The summed E-state index contributed by atoms with van der Waals surface area (Å²) in [7, 11) is 1.22. The normalized spacial score (nSPS) is 10.4. The number of imide groups is 1. The van der Waals surface area contributed by atoms with Gasteiger partial charge in [0.05, 0.1) is 12.7 Å². The van der Waals surface area contributed by atoms with Crippen molar-refractivity contribution in [1.29, 1.82) is 0 Å². The fourth-order valence-electron chi connectivity index (χ4n) is 2.23. The Kier molecular flexibility index (Phi) is 9.07. The highest BCUT2D eigenvalue weighted by molar-refractivity contribution is 7.99. The molecule has 0 saturated heterocycles. The number of carbonyl (C=O) groups is 3. The fourth-order valence-corrected chi connectivity index (χ4v) is 3.11. The topological polar surface area (TPSA) is 90.9 Å². The van der Waals surface area contributed by atoms with E-state index in [4.69, 9.17) is 9.47 Å². The van der Waals surface area contributed by atoms with Crippen molar-refractivity contribution in [1.82, 2.24) is 5.32 Å². The van der Waals surface area contributed by atoms with Gasteiger partial charge in [-0.3, -0.25) is 14.9 Å². The maximum absolute atomic E-state index is 12.3. The predicted molar refractivity (Wildman–Crippen MR) is 105 cm³/mol. The van der Waals surface area contributed by atoms with Crippen LogP contribution in [0.4, 0.5) is 8.78 Å². The summed E-state index contributed by atoms with van der Waals surface area (Å²) < 4.78 is 38.6. The molecule has 0 aliphatic carbocycles. The largest absolute Gasteiger partial charge is 0.493 e. The number of methoxy groups -OCH3 is 1. The van der Waals surface area contributed by atoms with Crippen LogP contribution in [0.15, 0.2) is 53.4 Å². The first-order valence-electron chi connectivity index (χ1n) is 8.69. The minimum atomic E-state index is -3.05. The molecule has 2 amide bonds. The SMILES string of the molecule is COc1cc(C(=O)OCC(=O)NC(=O)CCSc2ccccc2)ccc1OC(F)F. The number of nitrogens with one attached hydrogen (secondary N) is 1. The third-order valence-corrected chi connectivity index (χ3v) is 4.58. The molecule has 1 N–H and O–H groups in total. The Morgan fingerprint density at radius 1 is 1.03 bits per heavy atom. The predicted octanol–water partition coefficient (Wildman–Crippen LogP) is 3.28. The van der Waals surface area contributed by atoms with Crippen molar-refractivity contribution < 1.29 is 37.4 Å².